The van der Waals surface area contributed by atoms with Gasteiger partial charge in [-0.2, -0.15) is 4.57 Å². The molecule has 7 heteroatoms. The van der Waals surface area contributed by atoms with Crippen molar-refractivity contribution in [3.63, 3.8) is 0 Å². The van der Waals surface area contributed by atoms with E-state index in [1.807, 2.05) is 24.3 Å². The third-order valence-corrected chi connectivity index (χ3v) is 3.84. The van der Waals surface area contributed by atoms with Crippen LogP contribution in [0.3, 0.4) is 0 Å². The van der Waals surface area contributed by atoms with E-state index in [0.29, 0.717) is 29.9 Å². The molecule has 24 heavy (non-hydrogen) atoms. The molecule has 2 aromatic heterocycles. The fraction of sp³-hybridized carbons (Fsp3) is 0.235. The van der Waals surface area contributed by atoms with Gasteiger partial charge in [-0.05, 0) is 23.8 Å². The number of H-pyrrole nitrogens is 2. The second-order valence-electron chi connectivity index (χ2n) is 5.25. The van der Waals surface area contributed by atoms with Gasteiger partial charge in [-0.15, -0.1) is 0 Å². The molecule has 2 N–H and O–H groups in total. The number of methoxy groups -OCH3 is 2. The Morgan fingerprint density at radius 3 is 2.79 bits per heavy atom. The van der Waals surface area contributed by atoms with Crippen LogP contribution in [0.25, 0.3) is 22.2 Å². The largest absolute Gasteiger partial charge is 0.497 e. The number of hydrogen-bond acceptors (Lipinski definition) is 4. The summed E-state index contributed by atoms with van der Waals surface area (Å²) in [7, 11) is 3.15. The number of aromatic nitrogens is 3. The van der Waals surface area contributed by atoms with E-state index in [1.165, 1.54) is 4.57 Å². The SMILES string of the molecule is COCCn1c(=O)[nH]c(=O)c2c(-c3cccc(OC)c3)cc[nH+]c21. The molecule has 0 saturated carbocycles. The molecule has 124 valence electrons. The molecule has 0 aliphatic rings. The molecule has 0 aliphatic heterocycles. The van der Waals surface area contributed by atoms with Crippen molar-refractivity contribution in [1.82, 2.24) is 9.55 Å². The Kier molecular flexibility index (Phi) is 4.43. The zero-order valence-corrected chi connectivity index (χ0v) is 13.5. The number of aromatic amines is 2. The minimum atomic E-state index is -0.469. The van der Waals surface area contributed by atoms with Crippen LogP contribution >= 0.6 is 0 Å². The van der Waals surface area contributed by atoms with Crippen molar-refractivity contribution in [2.24, 2.45) is 0 Å². The Morgan fingerprint density at radius 1 is 1.21 bits per heavy atom. The van der Waals surface area contributed by atoms with E-state index in [2.05, 4.69) is 9.97 Å². The number of hydrogen-bond donors (Lipinski definition) is 1. The Morgan fingerprint density at radius 2 is 2.04 bits per heavy atom. The number of nitrogens with one attached hydrogen (secondary N) is 2. The van der Waals surface area contributed by atoms with Crippen molar-refractivity contribution in [1.29, 1.82) is 0 Å². The first-order chi connectivity index (χ1) is 11.7. The number of benzene rings is 1. The van der Waals surface area contributed by atoms with E-state index < -0.39 is 11.2 Å². The summed E-state index contributed by atoms with van der Waals surface area (Å²) in [5, 5.41) is 0.418. The van der Waals surface area contributed by atoms with Crippen LogP contribution in [0.2, 0.25) is 0 Å². The Hall–Kier alpha value is -2.93. The van der Waals surface area contributed by atoms with Crippen LogP contribution in [0.15, 0.2) is 46.1 Å². The summed E-state index contributed by atoms with van der Waals surface area (Å²) < 4.78 is 11.8. The normalized spacial score (nSPS) is 10.9. The van der Waals surface area contributed by atoms with E-state index in [4.69, 9.17) is 9.47 Å². The summed E-state index contributed by atoms with van der Waals surface area (Å²) >= 11 is 0. The third kappa shape index (κ3) is 2.81. The van der Waals surface area contributed by atoms with Gasteiger partial charge in [-0.1, -0.05) is 12.1 Å². The van der Waals surface area contributed by atoms with Crippen LogP contribution in [0.1, 0.15) is 0 Å². The fourth-order valence-corrected chi connectivity index (χ4v) is 2.69. The molecule has 0 unspecified atom stereocenters. The first kappa shape index (κ1) is 15.9. The predicted molar refractivity (Wildman–Crippen MR) is 89.2 cm³/mol. The van der Waals surface area contributed by atoms with Crippen molar-refractivity contribution in [2.75, 3.05) is 20.8 Å². The first-order valence-corrected chi connectivity index (χ1v) is 7.46. The third-order valence-electron chi connectivity index (χ3n) is 3.84. The molecule has 0 spiro atoms. The van der Waals surface area contributed by atoms with Crippen molar-refractivity contribution in [2.45, 2.75) is 6.54 Å². The van der Waals surface area contributed by atoms with Crippen LogP contribution in [-0.2, 0) is 11.3 Å². The van der Waals surface area contributed by atoms with Gasteiger partial charge in [0, 0.05) is 12.7 Å². The van der Waals surface area contributed by atoms with Crippen molar-refractivity contribution < 1.29 is 14.5 Å². The van der Waals surface area contributed by atoms with Crippen LogP contribution in [0.4, 0.5) is 0 Å². The van der Waals surface area contributed by atoms with Gasteiger partial charge in [0.15, 0.2) is 0 Å². The van der Waals surface area contributed by atoms with E-state index in [0.717, 1.165) is 11.1 Å². The number of fused-ring (bicyclic) bond motifs is 1. The monoisotopic (exact) mass is 328 g/mol. The molecule has 0 aliphatic carbocycles. The molecular weight excluding hydrogens is 310 g/mol. The molecule has 3 aromatic rings. The summed E-state index contributed by atoms with van der Waals surface area (Å²) in [6.07, 6.45) is 1.71. The zero-order valence-electron chi connectivity index (χ0n) is 13.5. The fourth-order valence-electron chi connectivity index (χ4n) is 2.69. The zero-order chi connectivity index (χ0) is 17.1. The molecule has 7 nitrogen and oxygen atoms in total. The molecule has 3 rings (SSSR count). The van der Waals surface area contributed by atoms with Gasteiger partial charge >= 0.3 is 5.69 Å². The van der Waals surface area contributed by atoms with Gasteiger partial charge in [0.1, 0.15) is 17.7 Å². The minimum Gasteiger partial charge on any atom is -0.497 e. The quantitative estimate of drug-likeness (QED) is 0.751. The van der Waals surface area contributed by atoms with E-state index in [1.54, 1.807) is 26.5 Å². The van der Waals surface area contributed by atoms with Gasteiger partial charge in [0.25, 0.3) is 11.2 Å². The first-order valence-electron chi connectivity index (χ1n) is 7.46. The highest BCUT2D eigenvalue weighted by Gasteiger charge is 2.19. The van der Waals surface area contributed by atoms with Gasteiger partial charge in [0.2, 0.25) is 0 Å². The van der Waals surface area contributed by atoms with Crippen molar-refractivity contribution >= 4 is 11.0 Å². The maximum absolute atomic E-state index is 12.4. The molecule has 2 heterocycles. The highest BCUT2D eigenvalue weighted by atomic mass is 16.5. The highest BCUT2D eigenvalue weighted by molar-refractivity contribution is 5.90. The van der Waals surface area contributed by atoms with Gasteiger partial charge in [-0.3, -0.25) is 9.78 Å². The van der Waals surface area contributed by atoms with Crippen LogP contribution in [-0.4, -0.2) is 30.4 Å². The molecule has 0 amide bonds. The average molecular weight is 328 g/mol. The summed E-state index contributed by atoms with van der Waals surface area (Å²) in [4.78, 5) is 29.9. The highest BCUT2D eigenvalue weighted by Crippen LogP contribution is 2.26. The lowest BCUT2D eigenvalue weighted by Gasteiger charge is -2.07. The lowest BCUT2D eigenvalue weighted by atomic mass is 10.0. The smallest absolute Gasteiger partial charge is 0.415 e. The lowest BCUT2D eigenvalue weighted by molar-refractivity contribution is -0.349. The minimum absolute atomic E-state index is 0.334. The van der Waals surface area contributed by atoms with Gasteiger partial charge in [0.05, 0.1) is 19.9 Å². The molecular formula is C17H18N3O4+. The van der Waals surface area contributed by atoms with Gasteiger partial charge in [-0.25, -0.2) is 9.78 Å². The summed E-state index contributed by atoms with van der Waals surface area (Å²) in [5.41, 5.74) is 1.11. The Labute approximate surface area is 137 Å². The van der Waals surface area contributed by atoms with Crippen molar-refractivity contribution in [3.05, 3.63) is 57.4 Å². The summed E-state index contributed by atoms with van der Waals surface area (Å²) in [5.74, 6) is 0.692. The average Bonchev–Trinajstić information content (AvgIpc) is 2.61. The Bertz CT molecular complexity index is 991. The standard InChI is InChI=1S/C17H17N3O4/c1-23-9-8-20-15-14(16(21)19-17(20)22)13(6-7-18-15)11-4-3-5-12(10-11)24-2/h3-7,10H,8-9H2,1-2H3,(H,19,21,22)/p+1. The predicted octanol–water partition coefficient (Wildman–Crippen LogP) is 0.826. The topological polar surface area (TPSA) is 87.5 Å². The number of pyridine rings is 1. The summed E-state index contributed by atoms with van der Waals surface area (Å²) in [6.45, 7) is 0.693. The maximum Gasteiger partial charge on any atom is 0.415 e. The maximum atomic E-state index is 12.4. The molecule has 0 atom stereocenters. The van der Waals surface area contributed by atoms with Crippen LogP contribution < -0.4 is 21.0 Å². The van der Waals surface area contributed by atoms with E-state index >= 15 is 0 Å². The molecule has 0 fully saturated rings. The lowest BCUT2D eigenvalue weighted by Crippen LogP contribution is -2.34. The second-order valence-corrected chi connectivity index (χ2v) is 5.25. The molecule has 0 bridgehead atoms. The molecule has 0 saturated heterocycles. The number of ether oxygens (including phenoxy) is 2. The van der Waals surface area contributed by atoms with Crippen LogP contribution in [0, 0.1) is 0 Å². The molecule has 0 radical (unpaired) electrons. The second kappa shape index (κ2) is 6.67. The van der Waals surface area contributed by atoms with Crippen molar-refractivity contribution in [3.8, 4) is 16.9 Å². The molecule has 1 aromatic carbocycles. The number of rotatable bonds is 5. The van der Waals surface area contributed by atoms with E-state index in [9.17, 15) is 9.59 Å². The van der Waals surface area contributed by atoms with E-state index in [-0.39, 0.29) is 0 Å². The van der Waals surface area contributed by atoms with Crippen LogP contribution in [0.5, 0.6) is 5.75 Å². The Balaban J connectivity index is 2.30. The van der Waals surface area contributed by atoms with Gasteiger partial charge < -0.3 is 9.47 Å². The number of nitrogens with zero attached hydrogens (tertiary/aromatic N) is 1. The summed E-state index contributed by atoms with van der Waals surface area (Å²) in [6, 6.07) is 9.23.